The van der Waals surface area contributed by atoms with Gasteiger partial charge in [-0.1, -0.05) is 36.4 Å². The number of hydrogen-bond donors (Lipinski definition) is 1. The summed E-state index contributed by atoms with van der Waals surface area (Å²) in [5, 5.41) is 10.0. The second kappa shape index (κ2) is 7.37. The number of ketones is 1. The van der Waals surface area contributed by atoms with Crippen molar-refractivity contribution in [1.82, 2.24) is 15.2 Å². The molecule has 1 aromatic carbocycles. The van der Waals surface area contributed by atoms with Gasteiger partial charge in [0.2, 0.25) is 0 Å². The fourth-order valence-electron chi connectivity index (χ4n) is 1.91. The number of thiophene rings is 1. The van der Waals surface area contributed by atoms with Crippen molar-refractivity contribution in [3.05, 3.63) is 80.4 Å². The molecule has 0 aliphatic rings. The van der Waals surface area contributed by atoms with Crippen LogP contribution in [0.4, 0.5) is 0 Å². The molecule has 0 radical (unpaired) electrons. The third-order valence-corrected chi connectivity index (χ3v) is 4.97. The standard InChI is InChI=1S/C17H13N3O2S2/c1-11-16(22)18-17(20-19-11)24-15(12-6-3-2-4-7-12)10-13(21)14-8-5-9-23-14/h2-10H,1H3,(H,18,20,22)/b15-10+. The maximum Gasteiger partial charge on any atom is 0.273 e. The summed E-state index contributed by atoms with van der Waals surface area (Å²) in [5.74, 6) is -0.0845. The van der Waals surface area contributed by atoms with Gasteiger partial charge in [0.25, 0.3) is 5.56 Å². The number of rotatable bonds is 5. The SMILES string of the molecule is Cc1nnc(S/C(=C/C(=O)c2cccs2)c2ccccc2)[nH]c1=O. The molecule has 0 atom stereocenters. The number of thioether (sulfide) groups is 1. The molecule has 3 aromatic rings. The Labute approximate surface area is 146 Å². The highest BCUT2D eigenvalue weighted by molar-refractivity contribution is 8.08. The van der Waals surface area contributed by atoms with E-state index in [9.17, 15) is 9.59 Å². The van der Waals surface area contributed by atoms with Gasteiger partial charge in [-0.05, 0) is 35.7 Å². The number of carbonyl (C=O) groups excluding carboxylic acids is 1. The summed E-state index contributed by atoms with van der Waals surface area (Å²) in [6, 6.07) is 13.1. The predicted octanol–water partition coefficient (Wildman–Crippen LogP) is 3.55. The molecule has 5 nitrogen and oxygen atoms in total. The van der Waals surface area contributed by atoms with Crippen molar-refractivity contribution in [3.8, 4) is 0 Å². The molecule has 2 aromatic heterocycles. The normalized spacial score (nSPS) is 11.5. The predicted molar refractivity (Wildman–Crippen MR) is 96.3 cm³/mol. The molecule has 0 saturated carbocycles. The summed E-state index contributed by atoms with van der Waals surface area (Å²) in [6.07, 6.45) is 1.56. The summed E-state index contributed by atoms with van der Waals surface area (Å²) in [5.41, 5.74) is 0.888. The molecule has 120 valence electrons. The summed E-state index contributed by atoms with van der Waals surface area (Å²) >= 11 is 2.60. The monoisotopic (exact) mass is 355 g/mol. The van der Waals surface area contributed by atoms with E-state index in [-0.39, 0.29) is 11.3 Å². The maximum atomic E-state index is 12.4. The molecule has 0 saturated heterocycles. The van der Waals surface area contributed by atoms with Gasteiger partial charge >= 0.3 is 0 Å². The second-order valence-electron chi connectivity index (χ2n) is 4.86. The fraction of sp³-hybridized carbons (Fsp3) is 0.0588. The number of aromatic nitrogens is 3. The van der Waals surface area contributed by atoms with E-state index < -0.39 is 0 Å². The van der Waals surface area contributed by atoms with E-state index in [0.717, 1.165) is 5.56 Å². The second-order valence-corrected chi connectivity index (χ2v) is 6.84. The summed E-state index contributed by atoms with van der Waals surface area (Å²) in [7, 11) is 0. The molecule has 7 heteroatoms. The molecule has 1 N–H and O–H groups in total. The number of nitrogens with one attached hydrogen (secondary N) is 1. The van der Waals surface area contributed by atoms with E-state index in [4.69, 9.17) is 0 Å². The van der Waals surface area contributed by atoms with Gasteiger partial charge in [-0.2, -0.15) is 0 Å². The van der Waals surface area contributed by atoms with E-state index in [1.807, 2.05) is 41.8 Å². The van der Waals surface area contributed by atoms with E-state index in [1.165, 1.54) is 23.1 Å². The number of aryl methyl sites for hydroxylation is 1. The molecular formula is C17H13N3O2S2. The zero-order chi connectivity index (χ0) is 16.9. The Morgan fingerprint density at radius 1 is 1.17 bits per heavy atom. The highest BCUT2D eigenvalue weighted by Gasteiger charge is 2.11. The molecule has 0 amide bonds. The van der Waals surface area contributed by atoms with E-state index >= 15 is 0 Å². The highest BCUT2D eigenvalue weighted by Crippen LogP contribution is 2.32. The lowest BCUT2D eigenvalue weighted by Gasteiger charge is -2.06. The smallest absolute Gasteiger partial charge is 0.273 e. The quantitative estimate of drug-likeness (QED) is 0.430. The lowest BCUT2D eigenvalue weighted by Crippen LogP contribution is -2.14. The summed E-state index contributed by atoms with van der Waals surface area (Å²) in [6.45, 7) is 1.59. The van der Waals surface area contributed by atoms with Crippen LogP contribution in [0.5, 0.6) is 0 Å². The van der Waals surface area contributed by atoms with E-state index in [1.54, 1.807) is 19.1 Å². The molecule has 24 heavy (non-hydrogen) atoms. The number of H-pyrrole nitrogens is 1. The van der Waals surface area contributed by atoms with Crippen molar-refractivity contribution in [2.75, 3.05) is 0 Å². The Kier molecular flexibility index (Phi) is 5.02. The number of nitrogens with zero attached hydrogens (tertiary/aromatic N) is 2. The number of carbonyl (C=O) groups is 1. The van der Waals surface area contributed by atoms with Crippen molar-refractivity contribution in [2.45, 2.75) is 12.1 Å². The first-order valence-corrected chi connectivity index (χ1v) is 8.79. The fourth-order valence-corrected chi connectivity index (χ4v) is 3.40. The van der Waals surface area contributed by atoms with Crippen LogP contribution >= 0.6 is 23.1 Å². The van der Waals surface area contributed by atoms with Crippen molar-refractivity contribution in [1.29, 1.82) is 0 Å². The molecule has 3 rings (SSSR count). The minimum Gasteiger partial charge on any atom is -0.298 e. The zero-order valence-corrected chi connectivity index (χ0v) is 14.4. The molecule has 0 aliphatic heterocycles. The van der Waals surface area contributed by atoms with Crippen LogP contribution in [-0.4, -0.2) is 21.0 Å². The van der Waals surface area contributed by atoms with Crippen LogP contribution < -0.4 is 5.56 Å². The van der Waals surface area contributed by atoms with Gasteiger partial charge in [0.15, 0.2) is 10.9 Å². The van der Waals surface area contributed by atoms with Crippen molar-refractivity contribution >= 4 is 33.8 Å². The topological polar surface area (TPSA) is 75.7 Å². The largest absolute Gasteiger partial charge is 0.298 e. The first-order valence-electron chi connectivity index (χ1n) is 7.10. The average molecular weight is 355 g/mol. The Morgan fingerprint density at radius 2 is 1.96 bits per heavy atom. The average Bonchev–Trinajstić information content (AvgIpc) is 3.13. The molecule has 0 fully saturated rings. The Balaban J connectivity index is 1.97. The van der Waals surface area contributed by atoms with Crippen LogP contribution in [0, 0.1) is 6.92 Å². The van der Waals surface area contributed by atoms with E-state index in [2.05, 4.69) is 15.2 Å². The van der Waals surface area contributed by atoms with E-state index in [0.29, 0.717) is 20.6 Å². The van der Waals surface area contributed by atoms with Crippen molar-refractivity contribution in [3.63, 3.8) is 0 Å². The van der Waals surface area contributed by atoms with Gasteiger partial charge in [-0.25, -0.2) is 0 Å². The number of hydrogen-bond acceptors (Lipinski definition) is 6. The van der Waals surface area contributed by atoms with Gasteiger partial charge in [-0.3, -0.25) is 14.6 Å². The van der Waals surface area contributed by atoms with Crippen LogP contribution in [0.25, 0.3) is 4.91 Å². The molecule has 0 unspecified atom stereocenters. The van der Waals surface area contributed by atoms with Crippen LogP contribution in [0.2, 0.25) is 0 Å². The maximum absolute atomic E-state index is 12.4. The lowest BCUT2D eigenvalue weighted by molar-refractivity contribution is 0.105. The Bertz CT molecular complexity index is 932. The number of allylic oxidation sites excluding steroid dienone is 1. The van der Waals surface area contributed by atoms with Gasteiger partial charge in [-0.15, -0.1) is 21.5 Å². The van der Waals surface area contributed by atoms with Gasteiger partial charge in [0, 0.05) is 11.0 Å². The minimum atomic E-state index is -0.288. The summed E-state index contributed by atoms with van der Waals surface area (Å²) < 4.78 is 0. The van der Waals surface area contributed by atoms with Crippen LogP contribution in [0.15, 0.2) is 63.9 Å². The van der Waals surface area contributed by atoms with Gasteiger partial charge < -0.3 is 0 Å². The first-order chi connectivity index (χ1) is 11.6. The lowest BCUT2D eigenvalue weighted by atomic mass is 10.2. The number of benzene rings is 1. The zero-order valence-electron chi connectivity index (χ0n) is 12.7. The Hall–Kier alpha value is -2.51. The molecule has 2 heterocycles. The molecular weight excluding hydrogens is 342 g/mol. The van der Waals surface area contributed by atoms with Crippen LogP contribution in [-0.2, 0) is 0 Å². The molecule has 0 spiro atoms. The van der Waals surface area contributed by atoms with Gasteiger partial charge in [0.05, 0.1) is 4.88 Å². The minimum absolute atomic E-state index is 0.0845. The van der Waals surface area contributed by atoms with Crippen LogP contribution in [0.3, 0.4) is 0 Å². The highest BCUT2D eigenvalue weighted by atomic mass is 32.2. The van der Waals surface area contributed by atoms with Crippen molar-refractivity contribution in [2.24, 2.45) is 0 Å². The van der Waals surface area contributed by atoms with Crippen molar-refractivity contribution < 1.29 is 4.79 Å². The molecule has 0 bridgehead atoms. The summed E-state index contributed by atoms with van der Waals surface area (Å²) in [4.78, 5) is 28.1. The third-order valence-electron chi connectivity index (χ3n) is 3.13. The Morgan fingerprint density at radius 3 is 2.62 bits per heavy atom. The molecule has 0 aliphatic carbocycles. The van der Waals surface area contributed by atoms with Gasteiger partial charge in [0.1, 0.15) is 5.69 Å². The number of aromatic amines is 1. The van der Waals surface area contributed by atoms with Crippen LogP contribution in [0.1, 0.15) is 20.9 Å². The third kappa shape index (κ3) is 3.87. The first kappa shape index (κ1) is 16.4.